The highest BCUT2D eigenvalue weighted by Crippen LogP contribution is 2.32. The van der Waals surface area contributed by atoms with Gasteiger partial charge in [0.15, 0.2) is 0 Å². The summed E-state index contributed by atoms with van der Waals surface area (Å²) in [7, 11) is 2.32. The Balaban J connectivity index is 1.76. The number of rotatable bonds is 8. The van der Waals surface area contributed by atoms with Crippen molar-refractivity contribution in [2.45, 2.75) is 31.7 Å². The number of carboxylic acid groups (broad SMARTS) is 1. The Kier molecular flexibility index (Phi) is 5.89. The molecular weight excluding hydrogens is 322 g/mol. The molecule has 0 aromatic heterocycles. The first-order chi connectivity index (χ1) is 12.6. The highest BCUT2D eigenvalue weighted by Gasteiger charge is 2.37. The van der Waals surface area contributed by atoms with Crippen LogP contribution < -0.4 is 0 Å². The van der Waals surface area contributed by atoms with E-state index in [-0.39, 0.29) is 6.42 Å². The van der Waals surface area contributed by atoms with Gasteiger partial charge in [-0.15, -0.1) is 0 Å². The van der Waals surface area contributed by atoms with Crippen LogP contribution in [-0.2, 0) is 11.2 Å². The standard InChI is InChI=1S/C23H27NO2/c1-24(15-9-8-14-23(25)26)18-21(20-12-6-3-7-13-20)17-22(24)16-19-10-4-2-5-11-19/h2-7,10-13,17,22H,8-9,14-16,18H2,1H3/p+1. The number of hydrogen-bond acceptors (Lipinski definition) is 1. The first-order valence-corrected chi connectivity index (χ1v) is 9.43. The van der Waals surface area contributed by atoms with Gasteiger partial charge < -0.3 is 9.59 Å². The highest BCUT2D eigenvalue weighted by molar-refractivity contribution is 5.68. The Labute approximate surface area is 156 Å². The summed E-state index contributed by atoms with van der Waals surface area (Å²) in [6.07, 6.45) is 5.43. The topological polar surface area (TPSA) is 37.3 Å². The maximum Gasteiger partial charge on any atom is 0.303 e. The normalized spacial score (nSPS) is 22.2. The summed E-state index contributed by atoms with van der Waals surface area (Å²) in [6.45, 7) is 2.02. The summed E-state index contributed by atoms with van der Waals surface area (Å²) in [4.78, 5) is 10.8. The summed E-state index contributed by atoms with van der Waals surface area (Å²) < 4.78 is 0.957. The van der Waals surface area contributed by atoms with Crippen LogP contribution in [0, 0.1) is 0 Å². The van der Waals surface area contributed by atoms with Crippen molar-refractivity contribution in [3.05, 3.63) is 77.9 Å². The van der Waals surface area contributed by atoms with Crippen LogP contribution in [0.25, 0.3) is 5.57 Å². The molecule has 1 aliphatic heterocycles. The minimum Gasteiger partial charge on any atom is -0.481 e. The number of carboxylic acids is 1. The Morgan fingerprint density at radius 2 is 1.69 bits per heavy atom. The fourth-order valence-electron chi connectivity index (χ4n) is 3.94. The molecule has 2 unspecified atom stereocenters. The second kappa shape index (κ2) is 8.33. The van der Waals surface area contributed by atoms with Crippen LogP contribution in [0.1, 0.15) is 30.4 Å². The number of quaternary nitrogens is 1. The van der Waals surface area contributed by atoms with Gasteiger partial charge in [0.05, 0.1) is 13.6 Å². The Bertz CT molecular complexity index is 754. The molecule has 0 fully saturated rings. The molecule has 3 heteroatoms. The van der Waals surface area contributed by atoms with E-state index in [0.29, 0.717) is 6.04 Å². The fraction of sp³-hybridized carbons (Fsp3) is 0.348. The van der Waals surface area contributed by atoms with E-state index in [4.69, 9.17) is 5.11 Å². The molecule has 1 aliphatic rings. The Hall–Kier alpha value is -2.39. The SMILES string of the molecule is C[N+]1(CCCCC(=O)O)CC(c2ccccc2)=CC1Cc1ccccc1. The van der Waals surface area contributed by atoms with Crippen molar-refractivity contribution in [3.63, 3.8) is 0 Å². The van der Waals surface area contributed by atoms with E-state index in [0.717, 1.165) is 36.8 Å². The van der Waals surface area contributed by atoms with Gasteiger partial charge in [-0.25, -0.2) is 0 Å². The number of aliphatic carboxylic acids is 1. The van der Waals surface area contributed by atoms with E-state index < -0.39 is 5.97 Å². The molecule has 1 N–H and O–H groups in total. The molecule has 2 atom stereocenters. The van der Waals surface area contributed by atoms with Crippen molar-refractivity contribution in [3.8, 4) is 0 Å². The lowest BCUT2D eigenvalue weighted by Crippen LogP contribution is -2.50. The third kappa shape index (κ3) is 4.61. The molecule has 2 aromatic carbocycles. The second-order valence-corrected chi connectivity index (χ2v) is 7.53. The van der Waals surface area contributed by atoms with Crippen LogP contribution in [-0.4, -0.2) is 41.7 Å². The molecule has 2 aromatic rings. The van der Waals surface area contributed by atoms with E-state index in [1.807, 2.05) is 0 Å². The highest BCUT2D eigenvalue weighted by atomic mass is 16.4. The Morgan fingerprint density at radius 3 is 2.35 bits per heavy atom. The van der Waals surface area contributed by atoms with Gasteiger partial charge in [-0.1, -0.05) is 60.7 Å². The van der Waals surface area contributed by atoms with Crippen molar-refractivity contribution in [2.24, 2.45) is 0 Å². The lowest BCUT2D eigenvalue weighted by atomic mass is 10.0. The van der Waals surface area contributed by atoms with Crippen molar-refractivity contribution in [2.75, 3.05) is 20.1 Å². The molecule has 0 aliphatic carbocycles. The van der Waals surface area contributed by atoms with Crippen molar-refractivity contribution >= 4 is 11.5 Å². The van der Waals surface area contributed by atoms with Crippen LogP contribution in [0.2, 0.25) is 0 Å². The summed E-state index contributed by atoms with van der Waals surface area (Å²) in [6, 6.07) is 21.7. The van der Waals surface area contributed by atoms with Gasteiger partial charge in [0.1, 0.15) is 12.6 Å². The molecule has 136 valence electrons. The largest absolute Gasteiger partial charge is 0.481 e. The van der Waals surface area contributed by atoms with Gasteiger partial charge in [-0.3, -0.25) is 4.79 Å². The van der Waals surface area contributed by atoms with Crippen LogP contribution in [0.4, 0.5) is 0 Å². The van der Waals surface area contributed by atoms with Gasteiger partial charge >= 0.3 is 5.97 Å². The second-order valence-electron chi connectivity index (χ2n) is 7.53. The average molecular weight is 350 g/mol. The van der Waals surface area contributed by atoms with Crippen molar-refractivity contribution < 1.29 is 14.4 Å². The van der Waals surface area contributed by atoms with Gasteiger partial charge in [-0.2, -0.15) is 0 Å². The van der Waals surface area contributed by atoms with Crippen LogP contribution in [0.15, 0.2) is 66.7 Å². The summed E-state index contributed by atoms with van der Waals surface area (Å²) in [5.41, 5.74) is 4.07. The molecule has 0 bridgehead atoms. The van der Waals surface area contributed by atoms with E-state index in [1.54, 1.807) is 0 Å². The van der Waals surface area contributed by atoms with Gasteiger partial charge in [0.25, 0.3) is 0 Å². The Morgan fingerprint density at radius 1 is 1.04 bits per heavy atom. The first-order valence-electron chi connectivity index (χ1n) is 9.43. The van der Waals surface area contributed by atoms with Crippen molar-refractivity contribution in [1.29, 1.82) is 0 Å². The van der Waals surface area contributed by atoms with Crippen molar-refractivity contribution in [1.82, 2.24) is 0 Å². The number of benzene rings is 2. The minimum atomic E-state index is -0.696. The van der Waals surface area contributed by atoms with Crippen LogP contribution in [0.3, 0.4) is 0 Å². The van der Waals surface area contributed by atoms with Crippen LogP contribution in [0.5, 0.6) is 0 Å². The molecule has 3 rings (SSSR count). The molecule has 3 nitrogen and oxygen atoms in total. The molecule has 26 heavy (non-hydrogen) atoms. The number of likely N-dealkylation sites (N-methyl/N-ethyl adjacent to an activating group) is 1. The third-order valence-electron chi connectivity index (χ3n) is 5.47. The predicted octanol–water partition coefficient (Wildman–Crippen LogP) is 4.40. The predicted molar refractivity (Wildman–Crippen MR) is 106 cm³/mol. The molecule has 0 spiro atoms. The molecular formula is C23H28NO2+. The molecule has 0 saturated carbocycles. The lowest BCUT2D eigenvalue weighted by Gasteiger charge is -2.37. The van der Waals surface area contributed by atoms with E-state index in [2.05, 4.69) is 73.8 Å². The molecule has 0 amide bonds. The zero-order chi connectivity index (χ0) is 18.4. The monoisotopic (exact) mass is 350 g/mol. The molecule has 0 radical (unpaired) electrons. The van der Waals surface area contributed by atoms with Gasteiger partial charge in [-0.05, 0) is 30.0 Å². The first kappa shape index (κ1) is 18.4. The van der Waals surface area contributed by atoms with Gasteiger partial charge in [0, 0.05) is 18.4 Å². The number of nitrogens with zero attached hydrogens (tertiary/aromatic N) is 1. The summed E-state index contributed by atoms with van der Waals surface area (Å²) in [5, 5.41) is 8.89. The number of unbranched alkanes of at least 4 members (excludes halogenated alkanes) is 1. The third-order valence-corrected chi connectivity index (χ3v) is 5.47. The smallest absolute Gasteiger partial charge is 0.303 e. The maximum atomic E-state index is 10.8. The number of carbonyl (C=O) groups is 1. The quantitative estimate of drug-likeness (QED) is 0.566. The minimum absolute atomic E-state index is 0.266. The summed E-state index contributed by atoms with van der Waals surface area (Å²) >= 11 is 0. The molecule has 0 saturated heterocycles. The van der Waals surface area contributed by atoms with E-state index in [9.17, 15) is 4.79 Å². The zero-order valence-electron chi connectivity index (χ0n) is 15.5. The van der Waals surface area contributed by atoms with E-state index >= 15 is 0 Å². The summed E-state index contributed by atoms with van der Waals surface area (Å²) in [5.74, 6) is -0.696. The van der Waals surface area contributed by atoms with Crippen LogP contribution >= 0.6 is 0 Å². The lowest BCUT2D eigenvalue weighted by molar-refractivity contribution is -0.915. The fourth-order valence-corrected chi connectivity index (χ4v) is 3.94. The average Bonchev–Trinajstić information content (AvgIpc) is 2.97. The van der Waals surface area contributed by atoms with E-state index in [1.165, 1.54) is 16.7 Å². The van der Waals surface area contributed by atoms with Gasteiger partial charge in [0.2, 0.25) is 0 Å². The molecule has 1 heterocycles. The number of hydrogen-bond donors (Lipinski definition) is 1. The zero-order valence-corrected chi connectivity index (χ0v) is 15.5. The maximum absolute atomic E-state index is 10.8.